The number of carboxylic acid groups (broad SMARTS) is 1. The van der Waals surface area contributed by atoms with E-state index in [9.17, 15) is 9.90 Å². The third-order valence-corrected chi connectivity index (χ3v) is 5.77. The number of carboxylic acids is 1. The largest absolute Gasteiger partial charge is 0.480 e. The van der Waals surface area contributed by atoms with Crippen LogP contribution in [0.2, 0.25) is 0 Å². The SMILES string of the molecule is CC(CCCSC1CCCCC1)(NC1CC1)C(=O)O. The van der Waals surface area contributed by atoms with Gasteiger partial charge in [0.1, 0.15) is 5.54 Å². The molecule has 0 aromatic rings. The van der Waals surface area contributed by atoms with Gasteiger partial charge >= 0.3 is 5.97 Å². The Balaban J connectivity index is 1.65. The fourth-order valence-electron chi connectivity index (χ4n) is 2.83. The lowest BCUT2D eigenvalue weighted by Crippen LogP contribution is -2.50. The van der Waals surface area contributed by atoms with Crippen LogP contribution in [0.25, 0.3) is 0 Å². The molecule has 1 atom stereocenters. The number of thioether (sulfide) groups is 1. The van der Waals surface area contributed by atoms with E-state index in [0.29, 0.717) is 6.04 Å². The summed E-state index contributed by atoms with van der Waals surface area (Å²) in [5.41, 5.74) is -0.714. The lowest BCUT2D eigenvalue weighted by atomic mass is 9.96. The molecule has 0 aromatic carbocycles. The summed E-state index contributed by atoms with van der Waals surface area (Å²) in [6.45, 7) is 1.85. The highest BCUT2D eigenvalue weighted by Crippen LogP contribution is 2.30. The second kappa shape index (κ2) is 6.98. The van der Waals surface area contributed by atoms with Crippen LogP contribution < -0.4 is 5.32 Å². The van der Waals surface area contributed by atoms with Gasteiger partial charge in [0, 0.05) is 11.3 Å². The van der Waals surface area contributed by atoms with E-state index in [4.69, 9.17) is 0 Å². The van der Waals surface area contributed by atoms with Crippen molar-refractivity contribution in [1.29, 1.82) is 0 Å². The predicted molar refractivity (Wildman–Crippen MR) is 80.8 cm³/mol. The van der Waals surface area contributed by atoms with E-state index in [0.717, 1.165) is 36.7 Å². The van der Waals surface area contributed by atoms with Crippen molar-refractivity contribution in [1.82, 2.24) is 5.32 Å². The summed E-state index contributed by atoms with van der Waals surface area (Å²) in [6.07, 6.45) is 10.9. The molecule has 0 aromatic heterocycles. The highest BCUT2D eigenvalue weighted by Gasteiger charge is 2.37. The lowest BCUT2D eigenvalue weighted by Gasteiger charge is -2.27. The first-order chi connectivity index (χ1) is 9.10. The molecule has 0 spiro atoms. The zero-order chi connectivity index (χ0) is 13.7. The molecule has 0 aliphatic heterocycles. The Kier molecular flexibility index (Phi) is 5.58. The van der Waals surface area contributed by atoms with Crippen LogP contribution in [0.3, 0.4) is 0 Å². The maximum atomic E-state index is 11.4. The molecule has 3 nitrogen and oxygen atoms in total. The molecule has 110 valence electrons. The molecule has 2 fully saturated rings. The van der Waals surface area contributed by atoms with E-state index in [1.54, 1.807) is 0 Å². The summed E-state index contributed by atoms with van der Waals surface area (Å²) in [6, 6.07) is 0.451. The normalized spacial score (nSPS) is 24.1. The number of rotatable bonds is 8. The van der Waals surface area contributed by atoms with Crippen molar-refractivity contribution in [2.45, 2.75) is 81.5 Å². The van der Waals surface area contributed by atoms with Gasteiger partial charge in [0.05, 0.1) is 0 Å². The van der Waals surface area contributed by atoms with Gasteiger partial charge in [0.25, 0.3) is 0 Å². The number of hydrogen-bond donors (Lipinski definition) is 2. The maximum absolute atomic E-state index is 11.4. The van der Waals surface area contributed by atoms with Gasteiger partial charge in [-0.1, -0.05) is 19.3 Å². The average Bonchev–Trinajstić information content (AvgIpc) is 3.19. The second-order valence-electron chi connectivity index (χ2n) is 6.29. The van der Waals surface area contributed by atoms with Crippen LogP contribution in [0.5, 0.6) is 0 Å². The number of hydrogen-bond acceptors (Lipinski definition) is 3. The van der Waals surface area contributed by atoms with E-state index in [1.807, 2.05) is 6.92 Å². The minimum atomic E-state index is -0.714. The molecule has 0 bridgehead atoms. The van der Waals surface area contributed by atoms with Gasteiger partial charge in [-0.15, -0.1) is 0 Å². The van der Waals surface area contributed by atoms with Gasteiger partial charge in [-0.3, -0.25) is 10.1 Å². The number of aliphatic carboxylic acids is 1. The van der Waals surface area contributed by atoms with Crippen LogP contribution in [0.1, 0.15) is 64.7 Å². The van der Waals surface area contributed by atoms with Crippen molar-refractivity contribution in [3.8, 4) is 0 Å². The van der Waals surface area contributed by atoms with Crippen molar-refractivity contribution >= 4 is 17.7 Å². The molecule has 0 saturated heterocycles. The van der Waals surface area contributed by atoms with Gasteiger partial charge in [0.2, 0.25) is 0 Å². The average molecular weight is 285 g/mol. The van der Waals surface area contributed by atoms with Gasteiger partial charge < -0.3 is 5.11 Å². The molecule has 4 heteroatoms. The molecular weight excluding hydrogens is 258 g/mol. The van der Waals surface area contributed by atoms with Gasteiger partial charge in [-0.2, -0.15) is 11.8 Å². The second-order valence-corrected chi connectivity index (χ2v) is 7.70. The van der Waals surface area contributed by atoms with E-state index in [2.05, 4.69) is 17.1 Å². The Labute approximate surface area is 120 Å². The molecule has 19 heavy (non-hydrogen) atoms. The Morgan fingerprint density at radius 1 is 1.26 bits per heavy atom. The molecule has 2 N–H and O–H groups in total. The molecule has 0 amide bonds. The number of nitrogens with one attached hydrogen (secondary N) is 1. The van der Waals surface area contributed by atoms with Crippen LogP contribution in [-0.2, 0) is 4.79 Å². The Bertz CT molecular complexity index is 301. The minimum Gasteiger partial charge on any atom is -0.480 e. The van der Waals surface area contributed by atoms with Gasteiger partial charge in [-0.25, -0.2) is 0 Å². The first kappa shape index (κ1) is 15.2. The highest BCUT2D eigenvalue weighted by atomic mass is 32.2. The van der Waals surface area contributed by atoms with Gasteiger partial charge in [-0.05, 0) is 51.2 Å². The smallest absolute Gasteiger partial charge is 0.323 e. The molecular formula is C15H27NO2S. The first-order valence-corrected chi connectivity index (χ1v) is 8.78. The first-order valence-electron chi connectivity index (χ1n) is 7.73. The van der Waals surface area contributed by atoms with Crippen molar-refractivity contribution < 1.29 is 9.90 Å². The monoisotopic (exact) mass is 285 g/mol. The van der Waals surface area contributed by atoms with Crippen LogP contribution in [0.15, 0.2) is 0 Å². The molecule has 2 aliphatic rings. The third-order valence-electron chi connectivity index (χ3n) is 4.30. The fourth-order valence-corrected chi connectivity index (χ4v) is 4.14. The molecule has 0 heterocycles. The number of carbonyl (C=O) groups is 1. The third kappa shape index (κ3) is 4.99. The van der Waals surface area contributed by atoms with Crippen LogP contribution >= 0.6 is 11.8 Å². The van der Waals surface area contributed by atoms with E-state index >= 15 is 0 Å². The van der Waals surface area contributed by atoms with Crippen molar-refractivity contribution in [3.05, 3.63) is 0 Å². The Morgan fingerprint density at radius 2 is 1.95 bits per heavy atom. The summed E-state index contributed by atoms with van der Waals surface area (Å²) < 4.78 is 0. The molecule has 0 radical (unpaired) electrons. The minimum absolute atomic E-state index is 0.451. The molecule has 1 unspecified atom stereocenters. The fraction of sp³-hybridized carbons (Fsp3) is 0.933. The van der Waals surface area contributed by atoms with E-state index in [-0.39, 0.29) is 0 Å². The summed E-state index contributed by atoms with van der Waals surface area (Å²) >= 11 is 2.06. The topological polar surface area (TPSA) is 49.3 Å². The van der Waals surface area contributed by atoms with Crippen LogP contribution in [-0.4, -0.2) is 33.7 Å². The van der Waals surface area contributed by atoms with Gasteiger partial charge in [0.15, 0.2) is 0 Å². The zero-order valence-corrected chi connectivity index (χ0v) is 12.8. The lowest BCUT2D eigenvalue weighted by molar-refractivity contribution is -0.144. The van der Waals surface area contributed by atoms with E-state index < -0.39 is 11.5 Å². The summed E-state index contributed by atoms with van der Waals surface area (Å²) in [5.74, 6) is 0.418. The molecule has 2 saturated carbocycles. The van der Waals surface area contributed by atoms with Crippen molar-refractivity contribution in [2.75, 3.05) is 5.75 Å². The van der Waals surface area contributed by atoms with E-state index in [1.165, 1.54) is 32.1 Å². The zero-order valence-electron chi connectivity index (χ0n) is 12.0. The Morgan fingerprint density at radius 3 is 2.53 bits per heavy atom. The molecule has 2 rings (SSSR count). The quantitative estimate of drug-likeness (QED) is 0.671. The van der Waals surface area contributed by atoms with Crippen molar-refractivity contribution in [2.24, 2.45) is 0 Å². The predicted octanol–water partition coefficient (Wildman–Crippen LogP) is 3.43. The van der Waals surface area contributed by atoms with Crippen LogP contribution in [0, 0.1) is 0 Å². The summed E-state index contributed by atoms with van der Waals surface area (Å²) in [5, 5.41) is 13.5. The Hall–Kier alpha value is -0.220. The summed E-state index contributed by atoms with van der Waals surface area (Å²) in [4.78, 5) is 11.4. The highest BCUT2D eigenvalue weighted by molar-refractivity contribution is 7.99. The standard InChI is InChI=1S/C15H27NO2S/c1-15(14(17)18,16-12-8-9-12)10-5-11-19-13-6-3-2-4-7-13/h12-13,16H,2-11H2,1H3,(H,17,18). The maximum Gasteiger partial charge on any atom is 0.323 e. The van der Waals surface area contributed by atoms with Crippen molar-refractivity contribution in [3.63, 3.8) is 0 Å². The molecule has 2 aliphatic carbocycles. The van der Waals surface area contributed by atoms with Crippen LogP contribution in [0.4, 0.5) is 0 Å². The summed E-state index contributed by atoms with van der Waals surface area (Å²) in [7, 11) is 0.